The molecule has 0 spiro atoms. The summed E-state index contributed by atoms with van der Waals surface area (Å²) in [5, 5.41) is 11.9. The highest BCUT2D eigenvalue weighted by Gasteiger charge is 2.18. The van der Waals surface area contributed by atoms with E-state index in [4.69, 9.17) is 0 Å². The number of ketones is 2. The molecular weight excluding hydrogens is 364 g/mol. The first kappa shape index (κ1) is 19.8. The number of aliphatic hydroxyl groups excluding tert-OH is 1. The first-order valence-corrected chi connectivity index (χ1v) is 10.4. The van der Waals surface area contributed by atoms with Crippen molar-refractivity contribution in [2.75, 3.05) is 19.6 Å². The summed E-state index contributed by atoms with van der Waals surface area (Å²) in [6.07, 6.45) is 2.74. The maximum atomic E-state index is 11.9. The molecular formula is C24H28N2O3. The molecule has 0 aliphatic carbocycles. The Kier molecular flexibility index (Phi) is 5.52. The summed E-state index contributed by atoms with van der Waals surface area (Å²) in [7, 11) is 0. The van der Waals surface area contributed by atoms with Gasteiger partial charge in [-0.15, -0.1) is 0 Å². The molecule has 3 aromatic rings. The van der Waals surface area contributed by atoms with Gasteiger partial charge in [-0.05, 0) is 82.6 Å². The second-order valence-corrected chi connectivity index (χ2v) is 8.18. The minimum atomic E-state index is -0.202. The van der Waals surface area contributed by atoms with Gasteiger partial charge in [0.15, 0.2) is 11.6 Å². The number of nitrogens with zero attached hydrogens (tertiary/aromatic N) is 2. The lowest BCUT2D eigenvalue weighted by Gasteiger charge is -2.30. The van der Waals surface area contributed by atoms with E-state index in [1.54, 1.807) is 13.8 Å². The van der Waals surface area contributed by atoms with Crippen molar-refractivity contribution in [3.05, 3.63) is 47.5 Å². The van der Waals surface area contributed by atoms with Gasteiger partial charge in [-0.1, -0.05) is 0 Å². The lowest BCUT2D eigenvalue weighted by atomic mass is 10.0. The van der Waals surface area contributed by atoms with E-state index in [1.807, 2.05) is 36.4 Å². The predicted molar refractivity (Wildman–Crippen MR) is 116 cm³/mol. The van der Waals surface area contributed by atoms with Crippen LogP contribution in [0.5, 0.6) is 0 Å². The van der Waals surface area contributed by atoms with Gasteiger partial charge < -0.3 is 14.6 Å². The molecule has 1 saturated heterocycles. The SMILES string of the molecule is CC(=O)c1ccc2c(c1)c1cc(C(C)=O)ccc1n2CCCN1CCCC(O)C1. The van der Waals surface area contributed by atoms with Crippen molar-refractivity contribution >= 4 is 33.4 Å². The summed E-state index contributed by atoms with van der Waals surface area (Å²) < 4.78 is 2.29. The number of piperidine rings is 1. The highest BCUT2D eigenvalue weighted by molar-refractivity contribution is 6.12. The molecule has 4 rings (SSSR count). The van der Waals surface area contributed by atoms with Crippen LogP contribution in [0.2, 0.25) is 0 Å². The number of aryl methyl sites for hydroxylation is 1. The summed E-state index contributed by atoms with van der Waals surface area (Å²) in [5.41, 5.74) is 3.55. The molecule has 1 aliphatic heterocycles. The highest BCUT2D eigenvalue weighted by Crippen LogP contribution is 2.31. The molecule has 2 heterocycles. The molecule has 1 atom stereocenters. The predicted octanol–water partition coefficient (Wildman–Crippen LogP) is 4.05. The number of benzene rings is 2. The van der Waals surface area contributed by atoms with E-state index in [0.717, 1.165) is 67.2 Å². The number of Topliss-reactive ketones (excluding diaryl/α,β-unsaturated/α-hetero) is 2. The Morgan fingerprint density at radius 1 is 0.966 bits per heavy atom. The molecule has 1 N–H and O–H groups in total. The second-order valence-electron chi connectivity index (χ2n) is 8.18. The average Bonchev–Trinajstić information content (AvgIpc) is 3.00. The minimum Gasteiger partial charge on any atom is -0.392 e. The molecule has 5 heteroatoms. The van der Waals surface area contributed by atoms with E-state index < -0.39 is 0 Å². The van der Waals surface area contributed by atoms with Gasteiger partial charge in [0.1, 0.15) is 0 Å². The number of carbonyl (C=O) groups excluding carboxylic acids is 2. The van der Waals surface area contributed by atoms with Crippen molar-refractivity contribution in [1.82, 2.24) is 9.47 Å². The van der Waals surface area contributed by atoms with E-state index in [1.165, 1.54) is 0 Å². The first-order chi connectivity index (χ1) is 13.9. The number of hydrogen-bond donors (Lipinski definition) is 1. The molecule has 0 bridgehead atoms. The van der Waals surface area contributed by atoms with E-state index in [-0.39, 0.29) is 17.7 Å². The molecule has 0 amide bonds. The minimum absolute atomic E-state index is 0.0409. The Bertz CT molecular complexity index is 1010. The molecule has 1 aromatic heterocycles. The smallest absolute Gasteiger partial charge is 0.159 e. The molecule has 5 nitrogen and oxygen atoms in total. The van der Waals surface area contributed by atoms with E-state index >= 15 is 0 Å². The summed E-state index contributed by atoms with van der Waals surface area (Å²) in [5.74, 6) is 0.0818. The summed E-state index contributed by atoms with van der Waals surface area (Å²) in [6.45, 7) is 6.77. The second kappa shape index (κ2) is 8.09. The average molecular weight is 392 g/mol. The Hall–Kier alpha value is -2.50. The number of aromatic nitrogens is 1. The van der Waals surface area contributed by atoms with Crippen molar-refractivity contribution in [3.8, 4) is 0 Å². The number of β-amino-alcohol motifs (C(OH)–C–C–N with tert-alkyl or cyclic N) is 1. The number of hydrogen-bond acceptors (Lipinski definition) is 4. The number of fused-ring (bicyclic) bond motifs is 3. The van der Waals surface area contributed by atoms with Crippen molar-refractivity contribution < 1.29 is 14.7 Å². The maximum absolute atomic E-state index is 11.9. The Labute approximate surface area is 170 Å². The van der Waals surface area contributed by atoms with E-state index in [9.17, 15) is 14.7 Å². The summed E-state index contributed by atoms with van der Waals surface area (Å²) >= 11 is 0. The molecule has 29 heavy (non-hydrogen) atoms. The fourth-order valence-corrected chi connectivity index (χ4v) is 4.47. The maximum Gasteiger partial charge on any atom is 0.159 e. The van der Waals surface area contributed by atoms with Crippen LogP contribution >= 0.6 is 0 Å². The normalized spacial score (nSPS) is 17.8. The van der Waals surface area contributed by atoms with Gasteiger partial charge in [0.05, 0.1) is 6.10 Å². The van der Waals surface area contributed by atoms with Crippen molar-refractivity contribution in [2.24, 2.45) is 0 Å². The summed E-state index contributed by atoms with van der Waals surface area (Å²) in [4.78, 5) is 26.1. The van der Waals surface area contributed by atoms with Gasteiger partial charge in [0.2, 0.25) is 0 Å². The monoisotopic (exact) mass is 392 g/mol. The van der Waals surface area contributed by atoms with Crippen molar-refractivity contribution in [2.45, 2.75) is 45.8 Å². The quantitative estimate of drug-likeness (QED) is 0.643. The zero-order valence-corrected chi connectivity index (χ0v) is 17.1. The van der Waals surface area contributed by atoms with Crippen molar-refractivity contribution in [1.29, 1.82) is 0 Å². The first-order valence-electron chi connectivity index (χ1n) is 10.4. The van der Waals surface area contributed by atoms with Crippen molar-refractivity contribution in [3.63, 3.8) is 0 Å². The third-order valence-corrected chi connectivity index (χ3v) is 6.01. The number of likely N-dealkylation sites (tertiary alicyclic amines) is 1. The summed E-state index contributed by atoms with van der Waals surface area (Å²) in [6, 6.07) is 11.7. The lowest BCUT2D eigenvalue weighted by Crippen LogP contribution is -2.38. The number of carbonyl (C=O) groups is 2. The third-order valence-electron chi connectivity index (χ3n) is 6.01. The van der Waals surface area contributed by atoms with Crippen LogP contribution in [0.15, 0.2) is 36.4 Å². The van der Waals surface area contributed by atoms with Gasteiger partial charge in [-0.2, -0.15) is 0 Å². The number of aliphatic hydroxyl groups is 1. The largest absolute Gasteiger partial charge is 0.392 e. The van der Waals surface area contributed by atoms with Gasteiger partial charge in [-0.3, -0.25) is 9.59 Å². The molecule has 1 unspecified atom stereocenters. The Morgan fingerprint density at radius 2 is 1.55 bits per heavy atom. The molecule has 152 valence electrons. The number of rotatable bonds is 6. The molecule has 0 radical (unpaired) electrons. The molecule has 2 aromatic carbocycles. The van der Waals surface area contributed by atoms with Crippen LogP contribution in [0.3, 0.4) is 0 Å². The van der Waals surface area contributed by atoms with Gasteiger partial charge in [0, 0.05) is 46.0 Å². The van der Waals surface area contributed by atoms with Crippen LogP contribution in [0.1, 0.15) is 53.8 Å². The van der Waals surface area contributed by atoms with Crippen LogP contribution in [0.25, 0.3) is 21.8 Å². The lowest BCUT2D eigenvalue weighted by molar-refractivity contribution is 0.0696. The fraction of sp³-hybridized carbons (Fsp3) is 0.417. The van der Waals surface area contributed by atoms with Crippen LogP contribution in [-0.2, 0) is 6.54 Å². The highest BCUT2D eigenvalue weighted by atomic mass is 16.3. The standard InChI is InChI=1S/C24H28N2O3/c1-16(27)18-6-8-23-21(13-18)22-14-19(17(2)28)7-9-24(22)26(23)12-4-11-25-10-3-5-20(29)15-25/h6-9,13-14,20,29H,3-5,10-12,15H2,1-2H3. The van der Waals surface area contributed by atoms with Crippen LogP contribution in [0, 0.1) is 0 Å². The van der Waals surface area contributed by atoms with Crippen LogP contribution in [0.4, 0.5) is 0 Å². The zero-order chi connectivity index (χ0) is 20.5. The van der Waals surface area contributed by atoms with E-state index in [2.05, 4.69) is 9.47 Å². The topological polar surface area (TPSA) is 62.5 Å². The van der Waals surface area contributed by atoms with Crippen LogP contribution < -0.4 is 0 Å². The van der Waals surface area contributed by atoms with Crippen LogP contribution in [-0.4, -0.2) is 51.9 Å². The Morgan fingerprint density at radius 3 is 2.07 bits per heavy atom. The Balaban J connectivity index is 1.69. The third kappa shape index (κ3) is 3.98. The molecule has 1 fully saturated rings. The molecule has 0 saturated carbocycles. The molecule has 1 aliphatic rings. The zero-order valence-electron chi connectivity index (χ0n) is 17.1. The fourth-order valence-electron chi connectivity index (χ4n) is 4.47. The van der Waals surface area contributed by atoms with Gasteiger partial charge in [0.25, 0.3) is 0 Å². The van der Waals surface area contributed by atoms with Gasteiger partial charge >= 0.3 is 0 Å². The van der Waals surface area contributed by atoms with E-state index in [0.29, 0.717) is 11.1 Å². The van der Waals surface area contributed by atoms with Gasteiger partial charge in [-0.25, -0.2) is 0 Å².